The molecule has 1 aliphatic heterocycles. The van der Waals surface area contributed by atoms with Crippen molar-refractivity contribution in [2.24, 2.45) is 0 Å². The van der Waals surface area contributed by atoms with Gasteiger partial charge < -0.3 is 5.32 Å². The van der Waals surface area contributed by atoms with E-state index in [1.54, 1.807) is 0 Å². The van der Waals surface area contributed by atoms with E-state index in [1.165, 1.54) is 28.6 Å². The van der Waals surface area contributed by atoms with Gasteiger partial charge >= 0.3 is 0 Å². The fourth-order valence-corrected chi connectivity index (χ4v) is 5.37. The second kappa shape index (κ2) is 6.94. The zero-order valence-electron chi connectivity index (χ0n) is 9.65. The Bertz CT molecular complexity index is 280. The van der Waals surface area contributed by atoms with Gasteiger partial charge in [0.15, 0.2) is 0 Å². The first-order chi connectivity index (χ1) is 7.90. The molecule has 0 saturated carbocycles. The predicted molar refractivity (Wildman–Crippen MR) is 78.9 cm³/mol. The van der Waals surface area contributed by atoms with Crippen molar-refractivity contribution >= 4 is 34.9 Å². The van der Waals surface area contributed by atoms with Crippen LogP contribution in [0.1, 0.15) is 24.3 Å². The van der Waals surface area contributed by atoms with Crippen molar-refractivity contribution in [3.8, 4) is 0 Å². The SMILES string of the molecule is CCC(NCC1CSCCS1)c1cccs1. The molecule has 2 unspecified atom stereocenters. The van der Waals surface area contributed by atoms with Crippen molar-refractivity contribution < 1.29 is 0 Å². The van der Waals surface area contributed by atoms with E-state index in [0.29, 0.717) is 6.04 Å². The smallest absolute Gasteiger partial charge is 0.0412 e. The number of hydrogen-bond acceptors (Lipinski definition) is 4. The number of thioether (sulfide) groups is 2. The highest BCUT2D eigenvalue weighted by Crippen LogP contribution is 2.26. The van der Waals surface area contributed by atoms with Gasteiger partial charge in [0.2, 0.25) is 0 Å². The molecular weight excluding hydrogens is 254 g/mol. The summed E-state index contributed by atoms with van der Waals surface area (Å²) in [5.74, 6) is 3.98. The third-order valence-corrected chi connectivity index (χ3v) is 6.60. The van der Waals surface area contributed by atoms with Gasteiger partial charge in [-0.05, 0) is 17.9 Å². The standard InChI is InChI=1S/C12H19NS3/c1-2-11(12-4-3-5-16-12)13-8-10-9-14-6-7-15-10/h3-5,10-11,13H,2,6-9H2,1H3. The molecule has 2 heterocycles. The maximum absolute atomic E-state index is 3.72. The molecule has 0 aromatic carbocycles. The van der Waals surface area contributed by atoms with Crippen molar-refractivity contribution in [1.29, 1.82) is 0 Å². The Morgan fingerprint density at radius 1 is 1.50 bits per heavy atom. The minimum absolute atomic E-state index is 0.563. The van der Waals surface area contributed by atoms with E-state index in [2.05, 4.69) is 53.3 Å². The fourth-order valence-electron chi connectivity index (χ4n) is 1.86. The van der Waals surface area contributed by atoms with Crippen LogP contribution in [0.3, 0.4) is 0 Å². The average Bonchev–Trinajstić information content (AvgIpc) is 2.85. The van der Waals surface area contributed by atoms with Gasteiger partial charge in [0.05, 0.1) is 0 Å². The van der Waals surface area contributed by atoms with E-state index < -0.39 is 0 Å². The molecule has 1 fully saturated rings. The van der Waals surface area contributed by atoms with Crippen molar-refractivity contribution in [3.05, 3.63) is 22.4 Å². The lowest BCUT2D eigenvalue weighted by Crippen LogP contribution is -2.31. The van der Waals surface area contributed by atoms with Crippen LogP contribution in [0, 0.1) is 0 Å². The molecule has 0 amide bonds. The van der Waals surface area contributed by atoms with Gasteiger partial charge in [-0.3, -0.25) is 0 Å². The molecular formula is C12H19NS3. The first-order valence-corrected chi connectivity index (χ1v) is 8.94. The van der Waals surface area contributed by atoms with Crippen molar-refractivity contribution in [3.63, 3.8) is 0 Å². The summed E-state index contributed by atoms with van der Waals surface area (Å²) in [6.07, 6.45) is 1.19. The number of thiophene rings is 1. The Hall–Kier alpha value is 0.360. The van der Waals surface area contributed by atoms with Gasteiger partial charge in [0, 0.05) is 40.0 Å². The molecule has 2 rings (SSSR count). The molecule has 4 heteroatoms. The fraction of sp³-hybridized carbons (Fsp3) is 0.667. The summed E-state index contributed by atoms with van der Waals surface area (Å²) >= 11 is 6.10. The number of rotatable bonds is 5. The molecule has 90 valence electrons. The molecule has 1 aliphatic rings. The van der Waals surface area contributed by atoms with Crippen LogP contribution in [-0.2, 0) is 0 Å². The van der Waals surface area contributed by atoms with Gasteiger partial charge in [0.1, 0.15) is 0 Å². The minimum atomic E-state index is 0.563. The van der Waals surface area contributed by atoms with E-state index >= 15 is 0 Å². The monoisotopic (exact) mass is 273 g/mol. The zero-order chi connectivity index (χ0) is 11.2. The lowest BCUT2D eigenvalue weighted by atomic mass is 10.2. The van der Waals surface area contributed by atoms with Gasteiger partial charge in [-0.25, -0.2) is 0 Å². The molecule has 1 nitrogen and oxygen atoms in total. The molecule has 16 heavy (non-hydrogen) atoms. The van der Waals surface area contributed by atoms with Gasteiger partial charge in [0.25, 0.3) is 0 Å². The number of nitrogens with one attached hydrogen (secondary N) is 1. The minimum Gasteiger partial charge on any atom is -0.308 e. The van der Waals surface area contributed by atoms with E-state index in [9.17, 15) is 0 Å². The second-order valence-electron chi connectivity index (χ2n) is 3.95. The van der Waals surface area contributed by atoms with Gasteiger partial charge in [-0.15, -0.1) is 11.3 Å². The maximum Gasteiger partial charge on any atom is 0.0412 e. The van der Waals surface area contributed by atoms with Crippen LogP contribution >= 0.6 is 34.9 Å². The molecule has 2 atom stereocenters. The van der Waals surface area contributed by atoms with E-state index in [1.807, 2.05) is 11.3 Å². The highest BCUT2D eigenvalue weighted by molar-refractivity contribution is 8.06. The number of hydrogen-bond donors (Lipinski definition) is 1. The summed E-state index contributed by atoms with van der Waals surface area (Å²) in [6, 6.07) is 4.96. The second-order valence-corrected chi connectivity index (χ2v) is 7.49. The largest absolute Gasteiger partial charge is 0.308 e. The van der Waals surface area contributed by atoms with Crippen LogP contribution in [0.25, 0.3) is 0 Å². The Kier molecular flexibility index (Phi) is 5.56. The lowest BCUT2D eigenvalue weighted by molar-refractivity contribution is 0.530. The van der Waals surface area contributed by atoms with Crippen molar-refractivity contribution in [2.45, 2.75) is 24.6 Å². The molecule has 0 aliphatic carbocycles. The van der Waals surface area contributed by atoms with Crippen LogP contribution in [-0.4, -0.2) is 29.1 Å². The molecule has 1 N–H and O–H groups in total. The average molecular weight is 273 g/mol. The van der Waals surface area contributed by atoms with Crippen LogP contribution < -0.4 is 5.32 Å². The molecule has 1 aromatic rings. The first kappa shape index (κ1) is 12.8. The van der Waals surface area contributed by atoms with E-state index in [4.69, 9.17) is 0 Å². The van der Waals surface area contributed by atoms with Crippen LogP contribution in [0.15, 0.2) is 17.5 Å². The van der Waals surface area contributed by atoms with Crippen molar-refractivity contribution in [2.75, 3.05) is 23.8 Å². The Morgan fingerprint density at radius 2 is 2.44 bits per heavy atom. The van der Waals surface area contributed by atoms with Gasteiger partial charge in [-0.2, -0.15) is 23.5 Å². The van der Waals surface area contributed by atoms with E-state index in [0.717, 1.165) is 11.8 Å². The third-order valence-electron chi connectivity index (χ3n) is 2.77. The molecule has 1 saturated heterocycles. The highest BCUT2D eigenvalue weighted by atomic mass is 32.2. The third kappa shape index (κ3) is 3.69. The lowest BCUT2D eigenvalue weighted by Gasteiger charge is -2.24. The predicted octanol–water partition coefficient (Wildman–Crippen LogP) is 3.64. The molecule has 0 radical (unpaired) electrons. The molecule has 0 spiro atoms. The summed E-state index contributed by atoms with van der Waals surface area (Å²) in [5, 5.41) is 6.70. The molecule has 0 bridgehead atoms. The van der Waals surface area contributed by atoms with Gasteiger partial charge in [-0.1, -0.05) is 13.0 Å². The Balaban J connectivity index is 1.78. The summed E-state index contributed by atoms with van der Waals surface area (Å²) in [7, 11) is 0. The zero-order valence-corrected chi connectivity index (χ0v) is 12.1. The summed E-state index contributed by atoms with van der Waals surface area (Å²) in [6.45, 7) is 3.42. The Labute approximate surface area is 111 Å². The van der Waals surface area contributed by atoms with Crippen molar-refractivity contribution in [1.82, 2.24) is 5.32 Å². The Morgan fingerprint density at radius 3 is 3.06 bits per heavy atom. The van der Waals surface area contributed by atoms with Crippen LogP contribution in [0.4, 0.5) is 0 Å². The topological polar surface area (TPSA) is 12.0 Å². The summed E-state index contributed by atoms with van der Waals surface area (Å²) < 4.78 is 0. The van der Waals surface area contributed by atoms with Crippen LogP contribution in [0.5, 0.6) is 0 Å². The highest BCUT2D eigenvalue weighted by Gasteiger charge is 2.16. The quantitative estimate of drug-likeness (QED) is 0.880. The normalized spacial score (nSPS) is 23.2. The first-order valence-electron chi connectivity index (χ1n) is 5.86. The summed E-state index contributed by atoms with van der Waals surface area (Å²) in [5.41, 5.74) is 0. The summed E-state index contributed by atoms with van der Waals surface area (Å²) in [4.78, 5) is 1.48. The maximum atomic E-state index is 3.72. The van der Waals surface area contributed by atoms with Crippen LogP contribution in [0.2, 0.25) is 0 Å². The molecule has 1 aromatic heterocycles. The van der Waals surface area contributed by atoms with E-state index in [-0.39, 0.29) is 0 Å².